The molecule has 0 spiro atoms. The number of hydrogen-bond acceptors (Lipinski definition) is 4. The quantitative estimate of drug-likeness (QED) is 0.883. The van der Waals surface area contributed by atoms with Crippen molar-refractivity contribution >= 4 is 11.6 Å². The van der Waals surface area contributed by atoms with E-state index in [1.807, 2.05) is 13.1 Å². The molecule has 2 aromatic rings. The molecule has 1 aromatic heterocycles. The van der Waals surface area contributed by atoms with Gasteiger partial charge in [0.2, 0.25) is 0 Å². The summed E-state index contributed by atoms with van der Waals surface area (Å²) in [4.78, 5) is 8.40. The molecule has 4 nitrogen and oxygen atoms in total. The summed E-state index contributed by atoms with van der Waals surface area (Å²) in [5.74, 6) is 1.73. The third-order valence-electron chi connectivity index (χ3n) is 3.62. The van der Waals surface area contributed by atoms with Crippen LogP contribution in [0, 0.1) is 0 Å². The molecule has 0 saturated carbocycles. The minimum Gasteiger partial charge on any atom is -0.373 e. The van der Waals surface area contributed by atoms with Gasteiger partial charge >= 0.3 is 0 Å². The van der Waals surface area contributed by atoms with Crippen molar-refractivity contribution in [1.82, 2.24) is 9.97 Å². The zero-order valence-electron chi connectivity index (χ0n) is 11.1. The number of rotatable bonds is 3. The van der Waals surface area contributed by atoms with Crippen LogP contribution in [0.25, 0.3) is 0 Å². The van der Waals surface area contributed by atoms with Crippen LogP contribution < -0.4 is 10.6 Å². The minimum atomic E-state index is 0.453. The molecule has 0 aliphatic heterocycles. The first-order valence-corrected chi connectivity index (χ1v) is 6.68. The molecule has 1 aliphatic carbocycles. The standard InChI is InChI=1S/C15H18N4/c1-16-14-9-15(18-10-17-14)19-13-7-6-11-4-2-3-5-12(11)8-13/h2-5,9-10,13H,6-8H2,1H3,(H2,16,17,18,19). The highest BCUT2D eigenvalue weighted by atomic mass is 15.1. The van der Waals surface area contributed by atoms with E-state index >= 15 is 0 Å². The molecule has 1 aliphatic rings. The Kier molecular flexibility index (Phi) is 3.31. The molecule has 3 rings (SSSR count). The summed E-state index contributed by atoms with van der Waals surface area (Å²) in [5, 5.41) is 6.53. The maximum atomic E-state index is 4.28. The lowest BCUT2D eigenvalue weighted by atomic mass is 9.88. The molecular weight excluding hydrogens is 236 g/mol. The fraction of sp³-hybridized carbons (Fsp3) is 0.333. The third kappa shape index (κ3) is 2.67. The molecule has 0 bridgehead atoms. The molecule has 1 heterocycles. The van der Waals surface area contributed by atoms with Gasteiger partial charge in [0.15, 0.2) is 0 Å². The van der Waals surface area contributed by atoms with Crippen LogP contribution in [0.3, 0.4) is 0 Å². The van der Waals surface area contributed by atoms with Crippen LogP contribution in [0.1, 0.15) is 17.5 Å². The maximum absolute atomic E-state index is 4.28. The van der Waals surface area contributed by atoms with E-state index in [1.165, 1.54) is 11.1 Å². The van der Waals surface area contributed by atoms with Crippen LogP contribution >= 0.6 is 0 Å². The van der Waals surface area contributed by atoms with Crippen LogP contribution in [0.15, 0.2) is 36.7 Å². The molecule has 1 atom stereocenters. The lowest BCUT2D eigenvalue weighted by Crippen LogP contribution is -2.27. The predicted octanol–water partition coefficient (Wildman–Crippen LogP) is 2.49. The Balaban J connectivity index is 1.71. The third-order valence-corrected chi connectivity index (χ3v) is 3.62. The minimum absolute atomic E-state index is 0.453. The second-order valence-corrected chi connectivity index (χ2v) is 4.89. The largest absolute Gasteiger partial charge is 0.373 e. The van der Waals surface area contributed by atoms with Gasteiger partial charge in [0.25, 0.3) is 0 Å². The monoisotopic (exact) mass is 254 g/mol. The summed E-state index contributed by atoms with van der Waals surface area (Å²) < 4.78 is 0. The Morgan fingerprint density at radius 3 is 2.74 bits per heavy atom. The van der Waals surface area contributed by atoms with E-state index in [2.05, 4.69) is 44.9 Å². The second-order valence-electron chi connectivity index (χ2n) is 4.89. The van der Waals surface area contributed by atoms with Crippen LogP contribution in [0.5, 0.6) is 0 Å². The Bertz CT molecular complexity index is 568. The second kappa shape index (κ2) is 5.26. The number of anilines is 2. The molecule has 4 heteroatoms. The Hall–Kier alpha value is -2.10. The van der Waals surface area contributed by atoms with Gasteiger partial charge < -0.3 is 10.6 Å². The normalized spacial score (nSPS) is 17.6. The van der Waals surface area contributed by atoms with E-state index in [1.54, 1.807) is 6.33 Å². The highest BCUT2D eigenvalue weighted by molar-refractivity contribution is 5.47. The Labute approximate surface area is 113 Å². The first kappa shape index (κ1) is 12.0. The average Bonchev–Trinajstić information content (AvgIpc) is 2.47. The smallest absolute Gasteiger partial charge is 0.131 e. The van der Waals surface area contributed by atoms with Crippen molar-refractivity contribution in [2.24, 2.45) is 0 Å². The van der Waals surface area contributed by atoms with Gasteiger partial charge in [-0.3, -0.25) is 0 Å². The Morgan fingerprint density at radius 1 is 1.11 bits per heavy atom. The van der Waals surface area contributed by atoms with Crippen molar-refractivity contribution < 1.29 is 0 Å². The van der Waals surface area contributed by atoms with Gasteiger partial charge in [0.05, 0.1) is 0 Å². The summed E-state index contributed by atoms with van der Waals surface area (Å²) in [5.41, 5.74) is 2.94. The van der Waals surface area contributed by atoms with E-state index in [4.69, 9.17) is 0 Å². The summed E-state index contributed by atoms with van der Waals surface area (Å²) >= 11 is 0. The van der Waals surface area contributed by atoms with Crippen molar-refractivity contribution in [3.8, 4) is 0 Å². The van der Waals surface area contributed by atoms with Gasteiger partial charge in [0, 0.05) is 19.2 Å². The van der Waals surface area contributed by atoms with Gasteiger partial charge in [-0.25, -0.2) is 9.97 Å². The summed E-state index contributed by atoms with van der Waals surface area (Å²) in [6, 6.07) is 11.1. The zero-order chi connectivity index (χ0) is 13.1. The number of aryl methyl sites for hydroxylation is 1. The molecule has 0 radical (unpaired) electrons. The molecule has 1 aromatic carbocycles. The molecule has 1 unspecified atom stereocenters. The fourth-order valence-corrected chi connectivity index (χ4v) is 2.60. The molecule has 19 heavy (non-hydrogen) atoms. The molecule has 2 N–H and O–H groups in total. The van der Waals surface area contributed by atoms with Gasteiger partial charge in [-0.1, -0.05) is 24.3 Å². The van der Waals surface area contributed by atoms with Crippen molar-refractivity contribution in [3.63, 3.8) is 0 Å². The molecule has 0 amide bonds. The molecule has 0 fully saturated rings. The lowest BCUT2D eigenvalue weighted by Gasteiger charge is -2.25. The van der Waals surface area contributed by atoms with Gasteiger partial charge in [0.1, 0.15) is 18.0 Å². The van der Waals surface area contributed by atoms with E-state index in [-0.39, 0.29) is 0 Å². The van der Waals surface area contributed by atoms with Crippen molar-refractivity contribution in [2.45, 2.75) is 25.3 Å². The van der Waals surface area contributed by atoms with E-state index in [0.29, 0.717) is 6.04 Å². The van der Waals surface area contributed by atoms with Crippen LogP contribution in [-0.2, 0) is 12.8 Å². The van der Waals surface area contributed by atoms with Crippen LogP contribution in [-0.4, -0.2) is 23.1 Å². The Morgan fingerprint density at radius 2 is 1.89 bits per heavy atom. The number of nitrogens with one attached hydrogen (secondary N) is 2. The summed E-state index contributed by atoms with van der Waals surface area (Å²) in [6.07, 6.45) is 4.94. The first-order valence-electron chi connectivity index (χ1n) is 6.68. The SMILES string of the molecule is CNc1cc(NC2CCc3ccccc3C2)ncn1. The van der Waals surface area contributed by atoms with E-state index in [9.17, 15) is 0 Å². The number of benzene rings is 1. The number of nitrogens with zero attached hydrogens (tertiary/aromatic N) is 2. The zero-order valence-corrected chi connectivity index (χ0v) is 11.1. The van der Waals surface area contributed by atoms with Crippen LogP contribution in [0.2, 0.25) is 0 Å². The van der Waals surface area contributed by atoms with E-state index in [0.717, 1.165) is 30.9 Å². The first-order chi connectivity index (χ1) is 9.35. The fourth-order valence-electron chi connectivity index (χ4n) is 2.60. The summed E-state index contributed by atoms with van der Waals surface area (Å²) in [7, 11) is 1.86. The van der Waals surface area contributed by atoms with Crippen molar-refractivity contribution in [2.75, 3.05) is 17.7 Å². The molecule has 0 saturated heterocycles. The summed E-state index contributed by atoms with van der Waals surface area (Å²) in [6.45, 7) is 0. The van der Waals surface area contributed by atoms with Crippen LogP contribution in [0.4, 0.5) is 11.6 Å². The number of hydrogen-bond donors (Lipinski definition) is 2. The van der Waals surface area contributed by atoms with Crippen molar-refractivity contribution in [1.29, 1.82) is 0 Å². The number of fused-ring (bicyclic) bond motifs is 1. The highest BCUT2D eigenvalue weighted by Crippen LogP contribution is 2.23. The van der Waals surface area contributed by atoms with Gasteiger partial charge in [-0.15, -0.1) is 0 Å². The highest BCUT2D eigenvalue weighted by Gasteiger charge is 2.18. The average molecular weight is 254 g/mol. The number of aromatic nitrogens is 2. The van der Waals surface area contributed by atoms with Gasteiger partial charge in [-0.2, -0.15) is 0 Å². The predicted molar refractivity (Wildman–Crippen MR) is 77.5 cm³/mol. The van der Waals surface area contributed by atoms with Gasteiger partial charge in [-0.05, 0) is 30.4 Å². The lowest BCUT2D eigenvalue weighted by molar-refractivity contribution is 0.608. The molecule has 98 valence electrons. The maximum Gasteiger partial charge on any atom is 0.131 e. The topological polar surface area (TPSA) is 49.8 Å². The van der Waals surface area contributed by atoms with E-state index < -0.39 is 0 Å². The molecular formula is C15H18N4. The van der Waals surface area contributed by atoms with Crippen molar-refractivity contribution in [3.05, 3.63) is 47.8 Å².